The highest BCUT2D eigenvalue weighted by Gasteiger charge is 2.20. The van der Waals surface area contributed by atoms with Crippen LogP contribution in [0.2, 0.25) is 10.0 Å². The van der Waals surface area contributed by atoms with Crippen LogP contribution in [-0.2, 0) is 11.3 Å². The quantitative estimate of drug-likeness (QED) is 0.426. The molecule has 0 aliphatic rings. The van der Waals surface area contributed by atoms with E-state index in [-0.39, 0.29) is 23.6 Å². The molecule has 1 heterocycles. The molecule has 7 nitrogen and oxygen atoms in total. The molecule has 2 N–H and O–H groups in total. The average Bonchev–Trinajstić information content (AvgIpc) is 3.17. The van der Waals surface area contributed by atoms with Crippen LogP contribution in [0.5, 0.6) is 0 Å². The van der Waals surface area contributed by atoms with Crippen LogP contribution < -0.4 is 10.6 Å². The summed E-state index contributed by atoms with van der Waals surface area (Å²) in [5, 5.41) is 16.1. The van der Waals surface area contributed by atoms with Crippen LogP contribution >= 0.6 is 35.0 Å². The molecule has 10 heteroatoms. The van der Waals surface area contributed by atoms with Gasteiger partial charge in [0.15, 0.2) is 11.0 Å². The van der Waals surface area contributed by atoms with Crippen LogP contribution in [0.4, 0.5) is 5.69 Å². The summed E-state index contributed by atoms with van der Waals surface area (Å²) in [6, 6.07) is 11.6. The molecular formula is C22H23Cl2N5O2S. The molecule has 168 valence electrons. The Morgan fingerprint density at radius 3 is 2.44 bits per heavy atom. The van der Waals surface area contributed by atoms with Gasteiger partial charge in [0.05, 0.1) is 11.8 Å². The predicted molar refractivity (Wildman–Crippen MR) is 129 cm³/mol. The first-order chi connectivity index (χ1) is 15.3. The number of benzene rings is 2. The molecular weight excluding hydrogens is 469 g/mol. The number of halogens is 2. The van der Waals surface area contributed by atoms with E-state index in [1.807, 2.05) is 25.3 Å². The van der Waals surface area contributed by atoms with Crippen LogP contribution in [0.3, 0.4) is 0 Å². The number of aromatic nitrogens is 3. The lowest BCUT2D eigenvalue weighted by molar-refractivity contribution is -0.113. The first kappa shape index (κ1) is 24.1. The Hall–Kier alpha value is -2.55. The largest absolute Gasteiger partial charge is 0.342 e. The molecule has 2 amide bonds. The van der Waals surface area contributed by atoms with Gasteiger partial charge >= 0.3 is 0 Å². The Morgan fingerprint density at radius 2 is 1.78 bits per heavy atom. The van der Waals surface area contributed by atoms with Crippen molar-refractivity contribution in [2.75, 3.05) is 11.1 Å². The van der Waals surface area contributed by atoms with Crippen molar-refractivity contribution in [1.82, 2.24) is 20.1 Å². The lowest BCUT2D eigenvalue weighted by atomic mass is 10.2. The predicted octanol–water partition coefficient (Wildman–Crippen LogP) is 5.14. The van der Waals surface area contributed by atoms with Crippen LogP contribution in [-0.4, -0.2) is 32.3 Å². The minimum atomic E-state index is -0.370. The highest BCUT2D eigenvalue weighted by atomic mass is 35.5. The van der Waals surface area contributed by atoms with Gasteiger partial charge in [-0.25, -0.2) is 0 Å². The van der Waals surface area contributed by atoms with Crippen molar-refractivity contribution < 1.29 is 9.59 Å². The lowest BCUT2D eigenvalue weighted by Gasteiger charge is -2.15. The number of rotatable bonds is 8. The highest BCUT2D eigenvalue weighted by Crippen LogP contribution is 2.23. The molecule has 0 aliphatic heterocycles. The molecule has 0 saturated heterocycles. The van der Waals surface area contributed by atoms with Gasteiger partial charge in [0.1, 0.15) is 0 Å². The number of amides is 2. The molecule has 3 rings (SSSR count). The number of anilines is 1. The first-order valence-electron chi connectivity index (χ1n) is 9.96. The SMILES string of the molecule is CCn1c(SCC(=O)Nc2ccc(Cl)cc2C)nnc1[C@@H](C)NC(=O)c1ccc(Cl)cc1. The highest BCUT2D eigenvalue weighted by molar-refractivity contribution is 7.99. The normalized spacial score (nSPS) is 11.8. The van der Waals surface area contributed by atoms with Gasteiger partial charge in [-0.05, 0) is 68.8 Å². The second kappa shape index (κ2) is 10.8. The summed E-state index contributed by atoms with van der Waals surface area (Å²) in [4.78, 5) is 24.9. The monoisotopic (exact) mass is 491 g/mol. The van der Waals surface area contributed by atoms with Crippen LogP contribution in [0.1, 0.15) is 41.6 Å². The third kappa shape index (κ3) is 6.03. The fourth-order valence-corrected chi connectivity index (χ4v) is 4.22. The lowest BCUT2D eigenvalue weighted by Crippen LogP contribution is -2.28. The Kier molecular flexibility index (Phi) is 8.17. The molecule has 0 spiro atoms. The number of carbonyl (C=O) groups is 2. The molecule has 0 saturated carbocycles. The summed E-state index contributed by atoms with van der Waals surface area (Å²) >= 11 is 13.1. The number of hydrogen-bond donors (Lipinski definition) is 2. The van der Waals surface area contributed by atoms with Gasteiger partial charge in [-0.2, -0.15) is 0 Å². The Labute approximate surface area is 200 Å². The zero-order valence-electron chi connectivity index (χ0n) is 17.9. The summed E-state index contributed by atoms with van der Waals surface area (Å²) < 4.78 is 1.89. The van der Waals surface area contributed by atoms with Crippen LogP contribution in [0, 0.1) is 6.92 Å². The maximum Gasteiger partial charge on any atom is 0.251 e. The number of thioether (sulfide) groups is 1. The second-order valence-corrected chi connectivity index (χ2v) is 8.90. The van der Waals surface area contributed by atoms with E-state index in [1.165, 1.54) is 11.8 Å². The fraction of sp³-hybridized carbons (Fsp3) is 0.273. The van der Waals surface area contributed by atoms with Gasteiger partial charge in [0.25, 0.3) is 5.91 Å². The van der Waals surface area contributed by atoms with Crippen molar-refractivity contribution in [3.05, 3.63) is 69.5 Å². The van der Waals surface area contributed by atoms with Gasteiger partial charge in [0.2, 0.25) is 5.91 Å². The topological polar surface area (TPSA) is 88.9 Å². The van der Waals surface area contributed by atoms with Crippen molar-refractivity contribution in [1.29, 1.82) is 0 Å². The molecule has 0 fully saturated rings. The van der Waals surface area contributed by atoms with Gasteiger partial charge < -0.3 is 15.2 Å². The minimum Gasteiger partial charge on any atom is -0.342 e. The van der Waals surface area contributed by atoms with Gasteiger partial charge in [0, 0.05) is 27.8 Å². The van der Waals surface area contributed by atoms with E-state index >= 15 is 0 Å². The molecule has 0 aliphatic carbocycles. The Bertz CT molecular complexity index is 1120. The van der Waals surface area contributed by atoms with Crippen molar-refractivity contribution in [2.24, 2.45) is 0 Å². The van der Waals surface area contributed by atoms with E-state index in [0.29, 0.717) is 33.1 Å². The van der Waals surface area contributed by atoms with E-state index in [2.05, 4.69) is 20.8 Å². The van der Waals surface area contributed by atoms with Gasteiger partial charge in [-0.15, -0.1) is 10.2 Å². The van der Waals surface area contributed by atoms with Crippen molar-refractivity contribution in [3.8, 4) is 0 Å². The van der Waals surface area contributed by atoms with Crippen LogP contribution in [0.15, 0.2) is 47.6 Å². The molecule has 1 aromatic heterocycles. The number of hydrogen-bond acceptors (Lipinski definition) is 5. The molecule has 32 heavy (non-hydrogen) atoms. The maximum atomic E-state index is 12.5. The fourth-order valence-electron chi connectivity index (χ4n) is 3.05. The summed E-state index contributed by atoms with van der Waals surface area (Å²) in [6.07, 6.45) is 0. The van der Waals surface area contributed by atoms with E-state index in [1.54, 1.807) is 42.5 Å². The third-order valence-corrected chi connectivity index (χ3v) is 6.15. The molecule has 2 aromatic carbocycles. The van der Waals surface area contributed by atoms with Crippen LogP contribution in [0.25, 0.3) is 0 Å². The number of nitrogens with zero attached hydrogens (tertiary/aromatic N) is 3. The third-order valence-electron chi connectivity index (χ3n) is 4.70. The molecule has 0 radical (unpaired) electrons. The van der Waals surface area contributed by atoms with E-state index in [9.17, 15) is 9.59 Å². The van der Waals surface area contributed by atoms with Crippen molar-refractivity contribution in [3.63, 3.8) is 0 Å². The van der Waals surface area contributed by atoms with Crippen molar-refractivity contribution >= 4 is 52.5 Å². The number of nitrogens with one attached hydrogen (secondary N) is 2. The summed E-state index contributed by atoms with van der Waals surface area (Å²) in [5.74, 6) is 0.404. The molecule has 0 bridgehead atoms. The Morgan fingerprint density at radius 1 is 1.09 bits per heavy atom. The molecule has 3 aromatic rings. The molecule has 1 atom stereocenters. The zero-order valence-corrected chi connectivity index (χ0v) is 20.2. The summed E-state index contributed by atoms with van der Waals surface area (Å²) in [6.45, 7) is 6.29. The van der Waals surface area contributed by atoms with Gasteiger partial charge in [-0.3, -0.25) is 9.59 Å². The zero-order chi connectivity index (χ0) is 23.3. The van der Waals surface area contributed by atoms with Gasteiger partial charge in [-0.1, -0.05) is 35.0 Å². The molecule has 0 unspecified atom stereocenters. The number of carbonyl (C=O) groups excluding carboxylic acids is 2. The second-order valence-electron chi connectivity index (χ2n) is 7.08. The van der Waals surface area contributed by atoms with E-state index in [4.69, 9.17) is 23.2 Å². The maximum absolute atomic E-state index is 12.5. The summed E-state index contributed by atoms with van der Waals surface area (Å²) in [7, 11) is 0. The smallest absolute Gasteiger partial charge is 0.251 e. The van der Waals surface area contributed by atoms with Crippen molar-refractivity contribution in [2.45, 2.75) is 38.5 Å². The minimum absolute atomic E-state index is 0.156. The summed E-state index contributed by atoms with van der Waals surface area (Å²) in [5.41, 5.74) is 2.11. The average molecular weight is 492 g/mol. The first-order valence-corrected chi connectivity index (χ1v) is 11.7. The van der Waals surface area contributed by atoms with E-state index < -0.39 is 0 Å². The standard InChI is InChI=1S/C22H23Cl2N5O2S/c1-4-29-20(14(3)25-21(31)15-5-7-16(23)8-6-15)27-28-22(29)32-12-19(30)26-18-10-9-17(24)11-13(18)2/h5-11,14H,4,12H2,1-3H3,(H,25,31)(H,26,30)/t14-/m1/s1. The van der Waals surface area contributed by atoms with E-state index in [0.717, 1.165) is 11.3 Å². The Balaban J connectivity index is 1.62. The number of aryl methyl sites for hydroxylation is 1.